The van der Waals surface area contributed by atoms with Crippen molar-refractivity contribution < 1.29 is 28.6 Å². The molecule has 2 amide bonds. The van der Waals surface area contributed by atoms with Crippen LogP contribution >= 0.6 is 0 Å². The van der Waals surface area contributed by atoms with Gasteiger partial charge in [-0.2, -0.15) is 0 Å². The van der Waals surface area contributed by atoms with E-state index in [2.05, 4.69) is 68.4 Å². The van der Waals surface area contributed by atoms with E-state index in [1.54, 1.807) is 6.07 Å². The summed E-state index contributed by atoms with van der Waals surface area (Å²) in [5, 5.41) is 14.5. The number of carboxylic acid groups (broad SMARTS) is 1. The Morgan fingerprint density at radius 3 is 2.32 bits per heavy atom. The van der Waals surface area contributed by atoms with Crippen molar-refractivity contribution in [1.82, 2.24) is 30.3 Å². The molecule has 2 aliphatic heterocycles. The number of nitrogens with zero attached hydrogens (tertiary/aromatic N) is 4. The highest BCUT2D eigenvalue weighted by molar-refractivity contribution is 5.96. The zero-order valence-electron chi connectivity index (χ0n) is 29.1. The fraction of sp³-hybridized carbons (Fsp3) is 0.500. The van der Waals surface area contributed by atoms with Gasteiger partial charge in [-0.05, 0) is 80.0 Å². The number of morpholine rings is 1. The van der Waals surface area contributed by atoms with Crippen LogP contribution < -0.4 is 15.4 Å². The molecule has 3 aromatic rings. The molecule has 3 N–H and O–H groups in total. The number of hydrogen-bond acceptors (Lipinski definition) is 8. The van der Waals surface area contributed by atoms with E-state index in [4.69, 9.17) is 14.6 Å². The Morgan fingerprint density at radius 2 is 1.62 bits per heavy atom. The molecule has 0 bridgehead atoms. The van der Waals surface area contributed by atoms with Gasteiger partial charge in [-0.1, -0.05) is 30.3 Å². The average molecular weight is 689 g/mol. The molecular weight excluding hydrogens is 639 g/mol. The number of benzene rings is 2. The fourth-order valence-electron chi connectivity index (χ4n) is 7.18. The lowest BCUT2D eigenvalue weighted by atomic mass is 9.91. The number of aromatic nitrogens is 1. The lowest BCUT2D eigenvalue weighted by molar-refractivity contribution is 0.0342. The molecule has 0 radical (unpaired) electrons. The Labute approximate surface area is 293 Å². The highest BCUT2D eigenvalue weighted by Crippen LogP contribution is 2.32. The van der Waals surface area contributed by atoms with Crippen LogP contribution in [0.2, 0.25) is 0 Å². The molecule has 0 unspecified atom stereocenters. The van der Waals surface area contributed by atoms with Crippen LogP contribution in [0, 0.1) is 5.82 Å². The molecule has 50 heavy (non-hydrogen) atoms. The normalized spacial score (nSPS) is 20.8. The maximum atomic E-state index is 14.4. The summed E-state index contributed by atoms with van der Waals surface area (Å²) in [6.07, 6.45) is 2.43. The van der Waals surface area contributed by atoms with Gasteiger partial charge in [0, 0.05) is 70.5 Å². The van der Waals surface area contributed by atoms with Gasteiger partial charge in [0.05, 0.1) is 19.4 Å². The standard InChI is InChI=1S/C38H49FN6O5/c1-26(2)45-14-12-43(13-15-45)24-27-6-11-34(29(20-27)25-44-16-18-49-19-17-44)28-4-3-5-33(21-28)50-37-35(22-30(39)23-40-37)36(46)41-31-7-9-32(10-8-31)42-38(47)48/h3-6,11,20-23,26,31-32,42H,7-10,12-19,24-25H2,1-2H3,(H,41,46)(H,47,48)/t31-,32-. The summed E-state index contributed by atoms with van der Waals surface area (Å²) in [7, 11) is 0. The first-order chi connectivity index (χ1) is 24.2. The van der Waals surface area contributed by atoms with Gasteiger partial charge in [-0.15, -0.1) is 0 Å². The number of carbonyl (C=O) groups is 2. The fourth-order valence-corrected chi connectivity index (χ4v) is 7.18. The van der Waals surface area contributed by atoms with Gasteiger partial charge >= 0.3 is 6.09 Å². The minimum absolute atomic E-state index is 0.00720. The smallest absolute Gasteiger partial charge is 0.404 e. The highest BCUT2D eigenvalue weighted by atomic mass is 19.1. The van der Waals surface area contributed by atoms with E-state index in [-0.39, 0.29) is 23.5 Å². The van der Waals surface area contributed by atoms with E-state index in [1.165, 1.54) is 11.1 Å². The molecule has 3 fully saturated rings. The Bertz CT molecular complexity index is 1620. The van der Waals surface area contributed by atoms with Gasteiger partial charge in [-0.3, -0.25) is 19.5 Å². The summed E-state index contributed by atoms with van der Waals surface area (Å²) >= 11 is 0. The molecule has 3 aliphatic rings. The van der Waals surface area contributed by atoms with E-state index in [1.807, 2.05) is 12.1 Å². The third kappa shape index (κ3) is 9.57. The van der Waals surface area contributed by atoms with Crippen molar-refractivity contribution in [3.8, 4) is 22.8 Å². The Balaban J connectivity index is 1.18. The van der Waals surface area contributed by atoms with Crippen molar-refractivity contribution in [2.24, 2.45) is 0 Å². The number of piperazine rings is 1. The quantitative estimate of drug-likeness (QED) is 0.245. The number of pyridine rings is 1. The second-order valence-corrected chi connectivity index (χ2v) is 13.9. The monoisotopic (exact) mass is 688 g/mol. The van der Waals surface area contributed by atoms with E-state index >= 15 is 0 Å². The predicted octanol–water partition coefficient (Wildman–Crippen LogP) is 5.35. The van der Waals surface area contributed by atoms with Crippen LogP contribution in [0.4, 0.5) is 9.18 Å². The SMILES string of the molecule is CC(C)N1CCN(Cc2ccc(-c3cccc(Oc4ncc(F)cc4C(=O)N[C@H]4CC[C@H](NC(=O)O)CC4)c3)c(CN3CCOCC3)c2)CC1. The first-order valence-corrected chi connectivity index (χ1v) is 17.8. The highest BCUT2D eigenvalue weighted by Gasteiger charge is 2.26. The van der Waals surface area contributed by atoms with E-state index < -0.39 is 17.8 Å². The van der Waals surface area contributed by atoms with Crippen molar-refractivity contribution in [1.29, 1.82) is 0 Å². The molecule has 2 aromatic carbocycles. The Kier molecular flexibility index (Phi) is 12.0. The molecular formula is C38H49FN6O5. The third-order valence-electron chi connectivity index (χ3n) is 10.0. The van der Waals surface area contributed by atoms with Gasteiger partial charge in [0.15, 0.2) is 0 Å². The van der Waals surface area contributed by atoms with Crippen molar-refractivity contribution in [3.63, 3.8) is 0 Å². The first kappa shape index (κ1) is 35.7. The molecule has 268 valence electrons. The second kappa shape index (κ2) is 16.7. The number of amides is 2. The lowest BCUT2D eigenvalue weighted by Crippen LogP contribution is -2.48. The minimum Gasteiger partial charge on any atom is -0.465 e. The molecule has 1 saturated carbocycles. The molecule has 6 rings (SSSR count). The maximum absolute atomic E-state index is 14.4. The number of rotatable bonds is 11. The molecule has 3 heterocycles. The van der Waals surface area contributed by atoms with Gasteiger partial charge in [-0.25, -0.2) is 14.2 Å². The van der Waals surface area contributed by atoms with Gasteiger partial charge in [0.1, 0.15) is 17.1 Å². The second-order valence-electron chi connectivity index (χ2n) is 13.9. The summed E-state index contributed by atoms with van der Waals surface area (Å²) in [4.78, 5) is 36.0. The molecule has 1 aliphatic carbocycles. The third-order valence-corrected chi connectivity index (χ3v) is 10.0. The number of halogens is 1. The van der Waals surface area contributed by atoms with Crippen LogP contribution in [-0.2, 0) is 17.8 Å². The molecule has 11 nitrogen and oxygen atoms in total. The van der Waals surface area contributed by atoms with Crippen LogP contribution in [0.1, 0.15) is 61.0 Å². The van der Waals surface area contributed by atoms with Crippen LogP contribution in [0.25, 0.3) is 11.1 Å². The number of ether oxygens (including phenoxy) is 2. The van der Waals surface area contributed by atoms with Crippen LogP contribution in [0.5, 0.6) is 11.6 Å². The Morgan fingerprint density at radius 1 is 0.920 bits per heavy atom. The summed E-state index contributed by atoms with van der Waals surface area (Å²) in [6.45, 7) is 13.7. The number of carbonyl (C=O) groups excluding carboxylic acids is 1. The van der Waals surface area contributed by atoms with Crippen molar-refractivity contribution >= 4 is 12.0 Å². The zero-order chi connectivity index (χ0) is 35.0. The molecule has 0 spiro atoms. The molecule has 12 heteroatoms. The van der Waals surface area contributed by atoms with Gasteiger partial charge < -0.3 is 25.2 Å². The van der Waals surface area contributed by atoms with Gasteiger partial charge in [0.25, 0.3) is 5.91 Å². The van der Waals surface area contributed by atoms with Crippen LogP contribution in [0.3, 0.4) is 0 Å². The molecule has 2 saturated heterocycles. The van der Waals surface area contributed by atoms with Gasteiger partial charge in [0.2, 0.25) is 5.88 Å². The van der Waals surface area contributed by atoms with Crippen molar-refractivity contribution in [2.45, 2.75) is 70.7 Å². The first-order valence-electron chi connectivity index (χ1n) is 17.8. The number of nitrogens with one attached hydrogen (secondary N) is 2. The van der Waals surface area contributed by atoms with Crippen molar-refractivity contribution in [3.05, 3.63) is 77.2 Å². The van der Waals surface area contributed by atoms with Crippen molar-refractivity contribution in [2.75, 3.05) is 52.5 Å². The lowest BCUT2D eigenvalue weighted by Gasteiger charge is -2.37. The predicted molar refractivity (Wildman–Crippen MR) is 189 cm³/mol. The van der Waals surface area contributed by atoms with E-state index in [0.29, 0.717) is 37.5 Å². The van der Waals surface area contributed by atoms with E-state index in [9.17, 15) is 14.0 Å². The minimum atomic E-state index is -1.05. The van der Waals surface area contributed by atoms with Crippen LogP contribution in [0.15, 0.2) is 54.7 Å². The topological polar surface area (TPSA) is 120 Å². The summed E-state index contributed by atoms with van der Waals surface area (Å²) in [5.41, 5.74) is 4.61. The summed E-state index contributed by atoms with van der Waals surface area (Å²) in [5.74, 6) is -0.615. The zero-order valence-corrected chi connectivity index (χ0v) is 29.1. The largest absolute Gasteiger partial charge is 0.465 e. The Hall–Kier alpha value is -4.10. The number of hydrogen-bond donors (Lipinski definition) is 3. The molecule has 1 aromatic heterocycles. The van der Waals surface area contributed by atoms with Crippen LogP contribution in [-0.4, -0.2) is 107 Å². The summed E-state index contributed by atoms with van der Waals surface area (Å²) < 4.78 is 26.2. The van der Waals surface area contributed by atoms with E-state index in [0.717, 1.165) is 89.0 Å². The molecule has 0 atom stereocenters. The summed E-state index contributed by atoms with van der Waals surface area (Å²) in [6, 6.07) is 15.9. The maximum Gasteiger partial charge on any atom is 0.404 e. The average Bonchev–Trinajstić information content (AvgIpc) is 3.10.